The van der Waals surface area contributed by atoms with Crippen LogP contribution >= 0.6 is 27.3 Å². The average Bonchev–Trinajstić information content (AvgIpc) is 3.03. The molecule has 0 saturated heterocycles. The predicted molar refractivity (Wildman–Crippen MR) is 113 cm³/mol. The highest BCUT2D eigenvalue weighted by atomic mass is 79.9. The number of hydrogen-bond acceptors (Lipinski definition) is 4. The van der Waals surface area contributed by atoms with Crippen LogP contribution < -0.4 is 5.32 Å². The number of carbonyl (C=O) groups is 2. The van der Waals surface area contributed by atoms with Crippen molar-refractivity contribution in [2.75, 3.05) is 12.4 Å². The number of halogens is 1. The van der Waals surface area contributed by atoms with Crippen LogP contribution in [0, 0.1) is 5.92 Å². The number of amides is 1. The average molecular weight is 448 g/mol. The molecule has 1 aromatic heterocycles. The van der Waals surface area contributed by atoms with Crippen LogP contribution in [0.15, 0.2) is 34.8 Å². The Morgan fingerprint density at radius 1 is 1.33 bits per heavy atom. The fourth-order valence-corrected chi connectivity index (χ4v) is 4.93. The molecular formula is C21H22BrNO3S. The van der Waals surface area contributed by atoms with E-state index in [9.17, 15) is 9.59 Å². The zero-order chi connectivity index (χ0) is 19.4. The summed E-state index contributed by atoms with van der Waals surface area (Å²) in [6.45, 7) is 2.19. The van der Waals surface area contributed by atoms with Crippen molar-refractivity contribution in [1.29, 1.82) is 0 Å². The lowest BCUT2D eigenvalue weighted by molar-refractivity contribution is -0.111. The first-order valence-corrected chi connectivity index (χ1v) is 10.6. The van der Waals surface area contributed by atoms with Gasteiger partial charge in [-0.15, -0.1) is 11.3 Å². The number of nitrogens with one attached hydrogen (secondary N) is 1. The van der Waals surface area contributed by atoms with Crippen LogP contribution in [0.2, 0.25) is 0 Å². The maximum Gasteiger partial charge on any atom is 0.341 e. The van der Waals surface area contributed by atoms with Gasteiger partial charge in [-0.3, -0.25) is 4.79 Å². The maximum absolute atomic E-state index is 12.4. The summed E-state index contributed by atoms with van der Waals surface area (Å²) >= 11 is 4.89. The maximum atomic E-state index is 12.4. The fourth-order valence-electron chi connectivity index (χ4n) is 3.31. The smallest absolute Gasteiger partial charge is 0.341 e. The lowest BCUT2D eigenvalue weighted by Crippen LogP contribution is -2.15. The van der Waals surface area contributed by atoms with Gasteiger partial charge in [-0.2, -0.15) is 0 Å². The number of carbonyl (C=O) groups excluding carboxylic acids is 2. The third-order valence-electron chi connectivity index (χ3n) is 4.87. The number of rotatable bonds is 5. The molecule has 0 spiro atoms. The van der Waals surface area contributed by atoms with Gasteiger partial charge in [0.2, 0.25) is 5.91 Å². The summed E-state index contributed by atoms with van der Waals surface area (Å²) in [5.74, 6) is 0.00541. The lowest BCUT2D eigenvalue weighted by Gasteiger charge is -2.20. The topological polar surface area (TPSA) is 55.4 Å². The Bertz CT molecular complexity index is 870. The standard InChI is InChI=1S/C21H22BrNO3S/c1-3-13-6-10-16-17(12-13)27-20(19(16)21(25)26-2)23-18(24)11-7-14-4-8-15(22)9-5-14/h4-5,7-9,11,13H,3,6,10,12H2,1-2H3,(H,23,24). The van der Waals surface area contributed by atoms with Crippen molar-refractivity contribution in [3.63, 3.8) is 0 Å². The molecular weight excluding hydrogens is 426 g/mol. The van der Waals surface area contributed by atoms with Gasteiger partial charge >= 0.3 is 5.97 Å². The predicted octanol–water partition coefficient (Wildman–Crippen LogP) is 5.46. The summed E-state index contributed by atoms with van der Waals surface area (Å²) in [5, 5.41) is 3.47. The van der Waals surface area contributed by atoms with Crippen LogP contribution in [0.3, 0.4) is 0 Å². The summed E-state index contributed by atoms with van der Waals surface area (Å²) in [4.78, 5) is 25.9. The van der Waals surface area contributed by atoms with Crippen LogP contribution in [-0.4, -0.2) is 19.0 Å². The number of anilines is 1. The molecule has 3 rings (SSSR count). The van der Waals surface area contributed by atoms with Gasteiger partial charge in [-0.05, 0) is 54.5 Å². The van der Waals surface area contributed by atoms with Gasteiger partial charge in [-0.1, -0.05) is 41.4 Å². The second kappa shape index (κ2) is 8.85. The molecule has 1 N–H and O–H groups in total. The molecule has 0 radical (unpaired) electrons. The Kier molecular flexibility index (Phi) is 6.50. The second-order valence-electron chi connectivity index (χ2n) is 6.59. The molecule has 1 aliphatic carbocycles. The van der Waals surface area contributed by atoms with Gasteiger partial charge in [0.1, 0.15) is 5.00 Å². The van der Waals surface area contributed by atoms with E-state index in [1.807, 2.05) is 24.3 Å². The van der Waals surface area contributed by atoms with Crippen molar-refractivity contribution >= 4 is 50.2 Å². The number of benzene rings is 1. The van der Waals surface area contributed by atoms with E-state index in [0.29, 0.717) is 16.5 Å². The minimum atomic E-state index is -0.380. The fraction of sp³-hybridized carbons (Fsp3) is 0.333. The summed E-state index contributed by atoms with van der Waals surface area (Å²) in [7, 11) is 1.38. The number of hydrogen-bond donors (Lipinski definition) is 1. The number of ether oxygens (including phenoxy) is 1. The minimum Gasteiger partial charge on any atom is -0.465 e. The van der Waals surface area contributed by atoms with Crippen molar-refractivity contribution in [2.24, 2.45) is 5.92 Å². The first-order valence-electron chi connectivity index (χ1n) is 8.99. The Labute approximate surface area is 171 Å². The Hall–Kier alpha value is -1.92. The molecule has 1 aliphatic rings. The summed E-state index contributed by atoms with van der Waals surface area (Å²) < 4.78 is 5.96. The number of thiophene rings is 1. The van der Waals surface area contributed by atoms with E-state index >= 15 is 0 Å². The molecule has 1 heterocycles. The quantitative estimate of drug-likeness (QED) is 0.488. The molecule has 27 heavy (non-hydrogen) atoms. The van der Waals surface area contributed by atoms with Crippen molar-refractivity contribution < 1.29 is 14.3 Å². The number of methoxy groups -OCH3 is 1. The molecule has 0 bridgehead atoms. The Balaban J connectivity index is 1.81. The van der Waals surface area contributed by atoms with Crippen molar-refractivity contribution in [2.45, 2.75) is 32.6 Å². The molecule has 1 amide bonds. The van der Waals surface area contributed by atoms with Gasteiger partial charge in [0.05, 0.1) is 12.7 Å². The number of esters is 1. The molecule has 0 fully saturated rings. The zero-order valence-electron chi connectivity index (χ0n) is 15.4. The third-order valence-corrected chi connectivity index (χ3v) is 6.57. The monoisotopic (exact) mass is 447 g/mol. The van der Waals surface area contributed by atoms with E-state index < -0.39 is 0 Å². The lowest BCUT2D eigenvalue weighted by atomic mass is 9.86. The van der Waals surface area contributed by atoms with E-state index in [1.165, 1.54) is 29.4 Å². The molecule has 0 aliphatic heterocycles. The molecule has 1 aromatic carbocycles. The molecule has 1 unspecified atom stereocenters. The number of fused-ring (bicyclic) bond motifs is 1. The van der Waals surface area contributed by atoms with Crippen LogP contribution in [0.25, 0.3) is 6.08 Å². The van der Waals surface area contributed by atoms with Crippen LogP contribution in [-0.2, 0) is 22.4 Å². The second-order valence-corrected chi connectivity index (χ2v) is 8.61. The molecule has 6 heteroatoms. The van der Waals surface area contributed by atoms with E-state index in [-0.39, 0.29) is 11.9 Å². The van der Waals surface area contributed by atoms with E-state index in [0.717, 1.165) is 41.3 Å². The summed E-state index contributed by atoms with van der Waals surface area (Å²) in [5.41, 5.74) is 2.50. The molecule has 1 atom stereocenters. The Morgan fingerprint density at radius 2 is 2.07 bits per heavy atom. The molecule has 0 saturated carbocycles. The highest BCUT2D eigenvalue weighted by Crippen LogP contribution is 2.40. The molecule has 142 valence electrons. The Morgan fingerprint density at radius 3 is 2.74 bits per heavy atom. The molecule has 4 nitrogen and oxygen atoms in total. The first kappa shape index (κ1) is 19.8. The van der Waals surface area contributed by atoms with Gasteiger partial charge in [0.15, 0.2) is 0 Å². The van der Waals surface area contributed by atoms with Gasteiger partial charge < -0.3 is 10.1 Å². The highest BCUT2D eigenvalue weighted by Gasteiger charge is 2.29. The first-order chi connectivity index (χ1) is 13.0. The largest absolute Gasteiger partial charge is 0.465 e. The normalized spacial score (nSPS) is 16.2. The summed E-state index contributed by atoms with van der Waals surface area (Å²) in [6, 6.07) is 7.68. The zero-order valence-corrected chi connectivity index (χ0v) is 17.8. The van der Waals surface area contributed by atoms with E-state index in [4.69, 9.17) is 4.74 Å². The van der Waals surface area contributed by atoms with Crippen LogP contribution in [0.1, 0.15) is 46.1 Å². The third kappa shape index (κ3) is 4.68. The molecule has 2 aromatic rings. The van der Waals surface area contributed by atoms with Gasteiger partial charge in [0.25, 0.3) is 0 Å². The summed E-state index contributed by atoms with van der Waals surface area (Å²) in [6.07, 6.45) is 7.26. The van der Waals surface area contributed by atoms with Crippen LogP contribution in [0.5, 0.6) is 0 Å². The highest BCUT2D eigenvalue weighted by molar-refractivity contribution is 9.10. The van der Waals surface area contributed by atoms with Crippen molar-refractivity contribution in [3.8, 4) is 0 Å². The van der Waals surface area contributed by atoms with Gasteiger partial charge in [0, 0.05) is 15.4 Å². The van der Waals surface area contributed by atoms with Crippen LogP contribution in [0.4, 0.5) is 5.00 Å². The van der Waals surface area contributed by atoms with Crippen molar-refractivity contribution in [3.05, 3.63) is 56.4 Å². The van der Waals surface area contributed by atoms with Crippen molar-refractivity contribution in [1.82, 2.24) is 0 Å². The SMILES string of the molecule is CCC1CCc2c(sc(NC(=O)C=Cc3ccc(Br)cc3)c2C(=O)OC)C1. The van der Waals surface area contributed by atoms with E-state index in [1.54, 1.807) is 6.08 Å². The van der Waals surface area contributed by atoms with E-state index in [2.05, 4.69) is 28.2 Å². The van der Waals surface area contributed by atoms with Gasteiger partial charge in [-0.25, -0.2) is 4.79 Å². The minimum absolute atomic E-state index is 0.256.